The van der Waals surface area contributed by atoms with Crippen molar-refractivity contribution in [3.63, 3.8) is 0 Å². The molecule has 0 spiro atoms. The molecule has 0 aromatic rings. The number of esters is 1. The third-order valence-electron chi connectivity index (χ3n) is 13.8. The van der Waals surface area contributed by atoms with E-state index in [9.17, 15) is 14.7 Å². The molecule has 11 atom stereocenters. The van der Waals surface area contributed by atoms with Gasteiger partial charge in [0.05, 0.1) is 6.10 Å². The van der Waals surface area contributed by atoms with Crippen molar-refractivity contribution in [3.8, 4) is 0 Å². The number of nitrogens with one attached hydrogen (secondary N) is 1. The zero-order valence-electron chi connectivity index (χ0n) is 29.8. The monoisotopic (exact) mass is 633 g/mol. The lowest BCUT2D eigenvalue weighted by Gasteiger charge is -2.69. The second-order valence-electron chi connectivity index (χ2n) is 16.8. The Labute approximate surface area is 274 Å². The number of amides is 1. The molecule has 4 fully saturated rings. The largest absolute Gasteiger partial charge is 0.462 e. The number of nitrogens with zero attached hydrogens (tertiary/aromatic N) is 1. The molecule has 0 heterocycles. The molecule has 0 aromatic heterocycles. The van der Waals surface area contributed by atoms with Crippen molar-refractivity contribution in [1.82, 2.24) is 10.2 Å². The Hall–Kier alpha value is -1.22. The van der Waals surface area contributed by atoms with E-state index in [1.807, 2.05) is 0 Å². The molecule has 0 aliphatic heterocycles. The van der Waals surface area contributed by atoms with E-state index >= 15 is 0 Å². The average molecular weight is 633 g/mol. The van der Waals surface area contributed by atoms with Crippen LogP contribution in [0.15, 0.2) is 0 Å². The summed E-state index contributed by atoms with van der Waals surface area (Å²) in [5, 5.41) is 15.5. The Balaban J connectivity index is 1.67. The van der Waals surface area contributed by atoms with Gasteiger partial charge in [0.2, 0.25) is 5.91 Å². The standard InChI is InChI=1S/C37H68N4O4/c1-24(2)10-8-12-27(34(44)40-18-21-41(19-16-38)20-17-39)32-29-22-30(43)33-35(5)14-9-11-25(3)28(35)13-15-36(33,6)37(29,7)23-31(32)45-26(4)42/h24-25,27-33,43H,8-23,38-39H2,1-7H3,(H,40,44)/t25-,27+,28+,29+,30-,31+,32+,33+,35+,36+,37+/m1/s1. The Morgan fingerprint density at radius 3 is 2.31 bits per heavy atom. The molecular weight excluding hydrogens is 564 g/mol. The maximum Gasteiger partial charge on any atom is 0.302 e. The van der Waals surface area contributed by atoms with Crippen LogP contribution < -0.4 is 16.8 Å². The topological polar surface area (TPSA) is 131 Å². The molecule has 0 bridgehead atoms. The lowest BCUT2D eigenvalue weighted by atomic mass is 9.36. The fourth-order valence-electron chi connectivity index (χ4n) is 11.8. The fourth-order valence-corrected chi connectivity index (χ4v) is 11.8. The van der Waals surface area contributed by atoms with Crippen LogP contribution in [-0.2, 0) is 14.3 Å². The van der Waals surface area contributed by atoms with Crippen LogP contribution in [0.25, 0.3) is 0 Å². The van der Waals surface area contributed by atoms with Crippen molar-refractivity contribution in [2.24, 2.45) is 69.1 Å². The highest BCUT2D eigenvalue weighted by Crippen LogP contribution is 2.74. The van der Waals surface area contributed by atoms with Crippen molar-refractivity contribution in [2.75, 3.05) is 39.3 Å². The molecule has 4 saturated carbocycles. The van der Waals surface area contributed by atoms with Crippen LogP contribution >= 0.6 is 0 Å². The molecule has 8 nitrogen and oxygen atoms in total. The van der Waals surface area contributed by atoms with E-state index < -0.39 is 6.10 Å². The summed E-state index contributed by atoms with van der Waals surface area (Å²) in [5.41, 5.74) is 11.5. The number of hydrogen-bond acceptors (Lipinski definition) is 7. The van der Waals surface area contributed by atoms with E-state index in [1.165, 1.54) is 32.6 Å². The van der Waals surface area contributed by atoms with Gasteiger partial charge in [0.1, 0.15) is 6.10 Å². The van der Waals surface area contributed by atoms with E-state index in [0.717, 1.165) is 45.2 Å². The van der Waals surface area contributed by atoms with E-state index in [2.05, 4.69) is 51.8 Å². The summed E-state index contributed by atoms with van der Waals surface area (Å²) in [6, 6.07) is 0. The molecule has 45 heavy (non-hydrogen) atoms. The number of aliphatic hydroxyl groups excluding tert-OH is 1. The second-order valence-corrected chi connectivity index (χ2v) is 16.8. The molecule has 8 heteroatoms. The Morgan fingerprint density at radius 2 is 1.69 bits per heavy atom. The van der Waals surface area contributed by atoms with Crippen molar-refractivity contribution in [3.05, 3.63) is 0 Å². The summed E-state index contributed by atoms with van der Waals surface area (Å²) in [4.78, 5) is 29.1. The van der Waals surface area contributed by atoms with Crippen LogP contribution in [-0.4, -0.2) is 73.4 Å². The van der Waals surface area contributed by atoms with E-state index in [4.69, 9.17) is 16.2 Å². The third kappa shape index (κ3) is 7.15. The smallest absolute Gasteiger partial charge is 0.302 e. The summed E-state index contributed by atoms with van der Waals surface area (Å²) in [6.45, 7) is 19.6. The van der Waals surface area contributed by atoms with Crippen LogP contribution in [0.2, 0.25) is 0 Å². The zero-order valence-corrected chi connectivity index (χ0v) is 29.8. The fraction of sp³-hybridized carbons (Fsp3) is 0.946. The van der Waals surface area contributed by atoms with Crippen LogP contribution in [0.4, 0.5) is 0 Å². The Bertz CT molecular complexity index is 1000. The van der Waals surface area contributed by atoms with Gasteiger partial charge in [0.15, 0.2) is 0 Å². The maximum atomic E-state index is 14.3. The number of rotatable bonds is 14. The number of carbonyl (C=O) groups excluding carboxylic acids is 2. The van der Waals surface area contributed by atoms with Gasteiger partial charge >= 0.3 is 5.97 Å². The van der Waals surface area contributed by atoms with E-state index in [1.54, 1.807) is 0 Å². The molecule has 4 aliphatic carbocycles. The average Bonchev–Trinajstić information content (AvgIpc) is 3.22. The second kappa shape index (κ2) is 14.9. The Kier molecular flexibility index (Phi) is 12.1. The first-order valence-corrected chi connectivity index (χ1v) is 18.5. The highest BCUT2D eigenvalue weighted by Gasteiger charge is 2.71. The Morgan fingerprint density at radius 1 is 1.00 bits per heavy atom. The maximum absolute atomic E-state index is 14.3. The minimum Gasteiger partial charge on any atom is -0.462 e. The van der Waals surface area contributed by atoms with Crippen LogP contribution in [0, 0.1) is 57.7 Å². The van der Waals surface area contributed by atoms with E-state index in [0.29, 0.717) is 50.4 Å². The highest BCUT2D eigenvalue weighted by atomic mass is 16.5. The number of aliphatic hydroxyl groups is 1. The van der Waals surface area contributed by atoms with E-state index in [-0.39, 0.29) is 57.9 Å². The molecule has 260 valence electrons. The first-order valence-electron chi connectivity index (χ1n) is 18.5. The van der Waals surface area contributed by atoms with Crippen molar-refractivity contribution >= 4 is 11.9 Å². The summed E-state index contributed by atoms with van der Waals surface area (Å²) < 4.78 is 6.22. The predicted molar refractivity (Wildman–Crippen MR) is 181 cm³/mol. The summed E-state index contributed by atoms with van der Waals surface area (Å²) in [6.07, 6.45) is 9.49. The van der Waals surface area contributed by atoms with Gasteiger partial charge in [0, 0.05) is 58.0 Å². The van der Waals surface area contributed by atoms with Crippen LogP contribution in [0.5, 0.6) is 0 Å². The normalized spacial score (nSPS) is 40.0. The zero-order chi connectivity index (χ0) is 33.2. The number of carbonyl (C=O) groups is 2. The lowest BCUT2D eigenvalue weighted by molar-refractivity contribution is -0.231. The van der Waals surface area contributed by atoms with Gasteiger partial charge in [-0.15, -0.1) is 0 Å². The van der Waals surface area contributed by atoms with Crippen molar-refractivity contribution in [2.45, 2.75) is 125 Å². The summed E-state index contributed by atoms with van der Waals surface area (Å²) in [5.74, 6) is 1.62. The number of nitrogens with two attached hydrogens (primary N) is 2. The van der Waals surface area contributed by atoms with Crippen LogP contribution in [0.1, 0.15) is 113 Å². The molecule has 0 aromatic carbocycles. The molecular formula is C37H68N4O4. The predicted octanol–water partition coefficient (Wildman–Crippen LogP) is 4.96. The minimum absolute atomic E-state index is 0.0594. The molecule has 4 rings (SSSR count). The summed E-state index contributed by atoms with van der Waals surface area (Å²) >= 11 is 0. The van der Waals surface area contributed by atoms with Gasteiger partial charge in [0.25, 0.3) is 0 Å². The quantitative estimate of drug-likeness (QED) is 0.199. The molecule has 0 saturated heterocycles. The third-order valence-corrected chi connectivity index (χ3v) is 13.8. The number of hydrogen-bond donors (Lipinski definition) is 4. The molecule has 4 aliphatic rings. The molecule has 0 unspecified atom stereocenters. The van der Waals surface area contributed by atoms with Gasteiger partial charge in [-0.2, -0.15) is 0 Å². The van der Waals surface area contributed by atoms with Gasteiger partial charge < -0.3 is 26.6 Å². The van der Waals surface area contributed by atoms with Crippen LogP contribution in [0.3, 0.4) is 0 Å². The highest BCUT2D eigenvalue weighted by molar-refractivity contribution is 5.79. The van der Waals surface area contributed by atoms with Gasteiger partial charge in [-0.3, -0.25) is 14.5 Å². The van der Waals surface area contributed by atoms with Gasteiger partial charge in [-0.1, -0.05) is 67.2 Å². The SMILES string of the molecule is CC(=O)O[C@H]1C[C@@]2(C)[C@@H](C[C@@H](O)[C@H]3[C@@]4(C)CCC[C@@H](C)[C@@H]4CC[C@@]32C)[C@@H]1[C@H](CCCC(C)C)C(=O)NCCN(CCN)CCN. The first kappa shape index (κ1) is 36.6. The molecule has 0 radical (unpaired) electrons. The number of fused-ring (bicyclic) bond motifs is 5. The van der Waals surface area contributed by atoms with Gasteiger partial charge in [-0.25, -0.2) is 0 Å². The number of ether oxygens (including phenoxy) is 1. The first-order chi connectivity index (χ1) is 21.2. The molecule has 6 N–H and O–H groups in total. The minimum atomic E-state index is -0.412. The van der Waals surface area contributed by atoms with Gasteiger partial charge in [-0.05, 0) is 84.4 Å². The summed E-state index contributed by atoms with van der Waals surface area (Å²) in [7, 11) is 0. The lowest BCUT2D eigenvalue weighted by Crippen LogP contribution is -2.65. The molecule has 1 amide bonds. The van der Waals surface area contributed by atoms with Crippen molar-refractivity contribution in [1.29, 1.82) is 0 Å². The van der Waals surface area contributed by atoms with Crippen molar-refractivity contribution < 1.29 is 19.4 Å².